The van der Waals surface area contributed by atoms with Gasteiger partial charge in [0.15, 0.2) is 0 Å². The molecule has 0 bridgehead atoms. The lowest BCUT2D eigenvalue weighted by atomic mass is 10.1. The van der Waals surface area contributed by atoms with Gasteiger partial charge in [-0.2, -0.15) is 10.4 Å². The predicted molar refractivity (Wildman–Crippen MR) is 67.8 cm³/mol. The minimum Gasteiger partial charge on any atom is -0.361 e. The first-order valence-electron chi connectivity index (χ1n) is 5.86. The summed E-state index contributed by atoms with van der Waals surface area (Å²) in [6.45, 7) is 7.35. The van der Waals surface area contributed by atoms with Gasteiger partial charge >= 0.3 is 0 Å². The largest absolute Gasteiger partial charge is 0.361 e. The van der Waals surface area contributed by atoms with Gasteiger partial charge in [-0.3, -0.25) is 4.79 Å². The van der Waals surface area contributed by atoms with Crippen LogP contribution >= 0.6 is 0 Å². The predicted octanol–water partition coefficient (Wildman–Crippen LogP) is 1.38. The van der Waals surface area contributed by atoms with E-state index in [-0.39, 0.29) is 17.7 Å². The van der Waals surface area contributed by atoms with Gasteiger partial charge in [-0.05, 0) is 33.3 Å². The lowest BCUT2D eigenvalue weighted by Crippen LogP contribution is -2.28. The molecule has 0 atom stereocenters. The average molecular weight is 258 g/mol. The highest BCUT2D eigenvalue weighted by Crippen LogP contribution is 2.13. The van der Waals surface area contributed by atoms with Gasteiger partial charge in [-0.1, -0.05) is 5.16 Å². The van der Waals surface area contributed by atoms with Crippen LogP contribution in [-0.4, -0.2) is 14.9 Å². The molecule has 0 spiro atoms. The monoisotopic (exact) mass is 258 g/mol. The van der Waals surface area contributed by atoms with Gasteiger partial charge in [0, 0.05) is 5.56 Å². The van der Waals surface area contributed by atoms with Gasteiger partial charge in [-0.25, -0.2) is 4.68 Å². The molecular formula is C13H14N4O2. The van der Waals surface area contributed by atoms with Crippen molar-refractivity contribution >= 4 is 0 Å². The van der Waals surface area contributed by atoms with Crippen LogP contribution in [0, 0.1) is 39.0 Å². The Balaban J connectivity index is 2.57. The van der Waals surface area contributed by atoms with Crippen LogP contribution in [0.3, 0.4) is 0 Å². The van der Waals surface area contributed by atoms with Crippen molar-refractivity contribution < 1.29 is 4.52 Å². The van der Waals surface area contributed by atoms with Crippen molar-refractivity contribution in [3.8, 4) is 6.07 Å². The number of nitriles is 1. The fourth-order valence-corrected chi connectivity index (χ4v) is 1.89. The second-order valence-electron chi connectivity index (χ2n) is 4.46. The Labute approximate surface area is 110 Å². The highest BCUT2D eigenvalue weighted by molar-refractivity contribution is 5.36. The molecule has 0 amide bonds. The summed E-state index contributed by atoms with van der Waals surface area (Å²) < 4.78 is 6.34. The number of hydrogen-bond acceptors (Lipinski definition) is 5. The highest BCUT2D eigenvalue weighted by Gasteiger charge is 2.15. The van der Waals surface area contributed by atoms with E-state index in [1.165, 1.54) is 4.68 Å². The third-order valence-corrected chi connectivity index (χ3v) is 3.24. The zero-order chi connectivity index (χ0) is 14.2. The molecule has 2 rings (SSSR count). The summed E-state index contributed by atoms with van der Waals surface area (Å²) in [6, 6.07) is 1.94. The van der Waals surface area contributed by atoms with Crippen molar-refractivity contribution in [2.24, 2.45) is 0 Å². The van der Waals surface area contributed by atoms with Crippen molar-refractivity contribution in [1.82, 2.24) is 14.9 Å². The second-order valence-corrected chi connectivity index (χ2v) is 4.46. The van der Waals surface area contributed by atoms with Gasteiger partial charge in [0.2, 0.25) is 0 Å². The molecule has 0 N–H and O–H groups in total. The molecule has 0 saturated carbocycles. The van der Waals surface area contributed by atoms with Crippen LogP contribution in [0.2, 0.25) is 0 Å². The van der Waals surface area contributed by atoms with Gasteiger partial charge in [0.1, 0.15) is 17.4 Å². The van der Waals surface area contributed by atoms with Crippen molar-refractivity contribution in [2.75, 3.05) is 0 Å². The number of aryl methyl sites for hydroxylation is 3. The minimum absolute atomic E-state index is 0.138. The van der Waals surface area contributed by atoms with Gasteiger partial charge < -0.3 is 4.52 Å². The van der Waals surface area contributed by atoms with E-state index in [9.17, 15) is 4.79 Å². The molecular weight excluding hydrogens is 244 g/mol. The summed E-state index contributed by atoms with van der Waals surface area (Å²) in [4.78, 5) is 12.1. The fourth-order valence-electron chi connectivity index (χ4n) is 1.89. The van der Waals surface area contributed by atoms with Crippen LogP contribution in [-0.2, 0) is 6.54 Å². The van der Waals surface area contributed by atoms with Crippen LogP contribution in [0.1, 0.15) is 33.8 Å². The van der Waals surface area contributed by atoms with E-state index < -0.39 is 0 Å². The summed E-state index contributed by atoms with van der Waals surface area (Å²) in [5.74, 6) is 0.655. The Morgan fingerprint density at radius 2 is 1.95 bits per heavy atom. The Bertz CT molecular complexity index is 715. The quantitative estimate of drug-likeness (QED) is 0.812. The van der Waals surface area contributed by atoms with Crippen LogP contribution in [0.4, 0.5) is 0 Å². The van der Waals surface area contributed by atoms with Crippen molar-refractivity contribution in [2.45, 2.75) is 34.2 Å². The van der Waals surface area contributed by atoms with Gasteiger partial charge in [0.25, 0.3) is 5.56 Å². The van der Waals surface area contributed by atoms with Crippen LogP contribution < -0.4 is 5.56 Å². The molecule has 98 valence electrons. The summed E-state index contributed by atoms with van der Waals surface area (Å²) in [6.07, 6.45) is 0. The van der Waals surface area contributed by atoms with E-state index >= 15 is 0 Å². The molecule has 2 aromatic rings. The van der Waals surface area contributed by atoms with E-state index in [1.54, 1.807) is 20.8 Å². The Morgan fingerprint density at radius 1 is 1.26 bits per heavy atom. The molecule has 2 aromatic heterocycles. The lowest BCUT2D eigenvalue weighted by Gasteiger charge is -2.08. The minimum atomic E-state index is -0.384. The first kappa shape index (κ1) is 13.0. The van der Waals surface area contributed by atoms with E-state index in [0.717, 1.165) is 11.3 Å². The van der Waals surface area contributed by atoms with Gasteiger partial charge in [0.05, 0.1) is 17.9 Å². The fraction of sp³-hybridized carbons (Fsp3) is 0.385. The summed E-state index contributed by atoms with van der Waals surface area (Å²) in [5.41, 5.74) is 2.60. The molecule has 0 aliphatic carbocycles. The maximum atomic E-state index is 12.1. The molecule has 6 heteroatoms. The maximum absolute atomic E-state index is 12.1. The number of rotatable bonds is 2. The third kappa shape index (κ3) is 2.15. The first-order valence-corrected chi connectivity index (χ1v) is 5.86. The van der Waals surface area contributed by atoms with Crippen LogP contribution in [0.25, 0.3) is 0 Å². The van der Waals surface area contributed by atoms with E-state index in [2.05, 4.69) is 10.3 Å². The molecule has 0 saturated heterocycles. The number of hydrogen-bond donors (Lipinski definition) is 0. The Hall–Kier alpha value is -2.42. The van der Waals surface area contributed by atoms with Gasteiger partial charge in [-0.15, -0.1) is 0 Å². The molecule has 2 heterocycles. The Kier molecular flexibility index (Phi) is 3.21. The summed E-state index contributed by atoms with van der Waals surface area (Å²) >= 11 is 0. The first-order chi connectivity index (χ1) is 8.95. The number of aromatic nitrogens is 3. The molecule has 0 aliphatic rings. The molecule has 0 fully saturated rings. The SMILES string of the molecule is Cc1nn(Cc2c(C)noc2C)c(=O)c(C#N)c1C. The highest BCUT2D eigenvalue weighted by atomic mass is 16.5. The van der Waals surface area contributed by atoms with E-state index in [1.807, 2.05) is 13.0 Å². The zero-order valence-corrected chi connectivity index (χ0v) is 11.3. The maximum Gasteiger partial charge on any atom is 0.285 e. The lowest BCUT2D eigenvalue weighted by molar-refractivity contribution is 0.391. The molecule has 0 radical (unpaired) electrons. The standard InChI is InChI=1S/C13H14N4O2/c1-7-8(2)15-17(13(18)11(7)5-14)6-12-9(3)16-19-10(12)4/h6H2,1-4H3. The van der Waals surface area contributed by atoms with E-state index in [0.29, 0.717) is 17.0 Å². The molecule has 19 heavy (non-hydrogen) atoms. The van der Waals surface area contributed by atoms with Crippen molar-refractivity contribution in [3.63, 3.8) is 0 Å². The van der Waals surface area contributed by atoms with Crippen molar-refractivity contribution in [1.29, 1.82) is 5.26 Å². The zero-order valence-electron chi connectivity index (χ0n) is 11.3. The molecule has 0 unspecified atom stereocenters. The second kappa shape index (κ2) is 4.69. The smallest absolute Gasteiger partial charge is 0.285 e. The summed E-state index contributed by atoms with van der Waals surface area (Å²) in [5, 5.41) is 17.1. The van der Waals surface area contributed by atoms with Crippen LogP contribution in [0.15, 0.2) is 9.32 Å². The van der Waals surface area contributed by atoms with Crippen molar-refractivity contribution in [3.05, 3.63) is 44.2 Å². The van der Waals surface area contributed by atoms with E-state index in [4.69, 9.17) is 9.78 Å². The summed E-state index contributed by atoms with van der Waals surface area (Å²) in [7, 11) is 0. The van der Waals surface area contributed by atoms with Crippen LogP contribution in [0.5, 0.6) is 0 Å². The Morgan fingerprint density at radius 3 is 2.47 bits per heavy atom. The molecule has 0 aliphatic heterocycles. The molecule has 6 nitrogen and oxygen atoms in total. The third-order valence-electron chi connectivity index (χ3n) is 3.24. The number of nitrogens with zero attached hydrogens (tertiary/aromatic N) is 4. The topological polar surface area (TPSA) is 84.7 Å². The normalized spacial score (nSPS) is 10.5. The molecule has 0 aromatic carbocycles. The average Bonchev–Trinajstić information content (AvgIpc) is 2.68.